The maximum Gasteiger partial charge on any atom is 0.207 e. The minimum Gasteiger partial charge on any atom is -0.507 e. The summed E-state index contributed by atoms with van der Waals surface area (Å²) < 4.78 is 0. The molecule has 9 nitrogen and oxygen atoms in total. The van der Waals surface area contributed by atoms with Gasteiger partial charge in [0.25, 0.3) is 0 Å². The van der Waals surface area contributed by atoms with Crippen LogP contribution in [0, 0.1) is 13.8 Å². The average Bonchev–Trinajstić information content (AvgIpc) is 2.94. The lowest BCUT2D eigenvalue weighted by Crippen LogP contribution is -2.49. The predicted molar refractivity (Wildman–Crippen MR) is 169 cm³/mol. The van der Waals surface area contributed by atoms with Gasteiger partial charge in [-0.15, -0.1) is 0 Å². The second kappa shape index (κ2) is 13.6. The molecule has 7 N–H and O–H groups in total. The number of carbonyl (C=O) groups excluding carboxylic acids is 2. The molecule has 1 aliphatic rings. The van der Waals surface area contributed by atoms with Gasteiger partial charge < -0.3 is 35.7 Å². The Labute approximate surface area is 258 Å². The Balaban J connectivity index is 1.68. The van der Waals surface area contributed by atoms with Gasteiger partial charge in [-0.05, 0) is 97.3 Å². The standard InChI is InChI=1S/C35H46O9/c1-19(11-8-12-23(18-36)13-14-25(38)34(5,6)43)9-7-10-20(2)15-16-35(44)32(41)27-24(37)17-21(3)26-28(27)29(33(35)42)31(40)22(4)30(26)39/h9,12,15,17,25,36-40,43-44H,7-8,10-11,13-14,16,18H2,1-6H3/b19-9+,20-15+,23-12-/t25-,35-/m0/s1. The van der Waals surface area contributed by atoms with Crippen LogP contribution in [0.5, 0.6) is 17.2 Å². The summed E-state index contributed by atoms with van der Waals surface area (Å²) in [6, 6.07) is 1.30. The number of aliphatic hydroxyl groups excluding tert-OH is 2. The molecule has 0 aliphatic heterocycles. The van der Waals surface area contributed by atoms with Gasteiger partial charge in [0.2, 0.25) is 11.6 Å². The molecule has 0 amide bonds. The zero-order valence-electron chi connectivity index (χ0n) is 26.5. The maximum atomic E-state index is 13.6. The average molecular weight is 611 g/mol. The van der Waals surface area contributed by atoms with E-state index in [2.05, 4.69) is 6.08 Å². The summed E-state index contributed by atoms with van der Waals surface area (Å²) in [6.45, 7) is 9.86. The Morgan fingerprint density at radius 1 is 0.886 bits per heavy atom. The van der Waals surface area contributed by atoms with Crippen molar-refractivity contribution in [3.05, 3.63) is 63.3 Å². The fraction of sp³-hybridized carbons (Fsp3) is 0.486. The van der Waals surface area contributed by atoms with E-state index in [9.17, 15) is 45.3 Å². The summed E-state index contributed by atoms with van der Waals surface area (Å²) >= 11 is 0. The molecule has 0 aromatic heterocycles. The Morgan fingerprint density at radius 2 is 1.45 bits per heavy atom. The lowest BCUT2D eigenvalue weighted by molar-refractivity contribution is -0.0511. The van der Waals surface area contributed by atoms with E-state index >= 15 is 0 Å². The first-order chi connectivity index (χ1) is 20.4. The van der Waals surface area contributed by atoms with Gasteiger partial charge in [0, 0.05) is 22.8 Å². The van der Waals surface area contributed by atoms with Crippen LogP contribution in [0.4, 0.5) is 0 Å². The van der Waals surface area contributed by atoms with Crippen molar-refractivity contribution in [3.8, 4) is 17.2 Å². The first kappa shape index (κ1) is 35.0. The predicted octanol–water partition coefficient (Wildman–Crippen LogP) is 5.36. The first-order valence-corrected chi connectivity index (χ1v) is 15.0. The summed E-state index contributed by atoms with van der Waals surface area (Å²) in [4.78, 5) is 27.1. The molecule has 2 aromatic rings. The fourth-order valence-corrected chi connectivity index (χ4v) is 5.61. The molecule has 44 heavy (non-hydrogen) atoms. The summed E-state index contributed by atoms with van der Waals surface area (Å²) in [5.41, 5.74) is -1.06. The largest absolute Gasteiger partial charge is 0.507 e. The summed E-state index contributed by atoms with van der Waals surface area (Å²) in [7, 11) is 0. The third-order valence-electron chi connectivity index (χ3n) is 8.65. The van der Waals surface area contributed by atoms with Gasteiger partial charge in [-0.2, -0.15) is 0 Å². The number of hydrogen-bond donors (Lipinski definition) is 7. The quantitative estimate of drug-likeness (QED) is 0.116. The molecular weight excluding hydrogens is 564 g/mol. The topological polar surface area (TPSA) is 176 Å². The van der Waals surface area contributed by atoms with E-state index in [-0.39, 0.29) is 46.2 Å². The van der Waals surface area contributed by atoms with Gasteiger partial charge in [0.1, 0.15) is 17.2 Å². The number of aliphatic hydroxyl groups is 4. The van der Waals surface area contributed by atoms with Crippen LogP contribution in [0.15, 0.2) is 41.0 Å². The second-order valence-electron chi connectivity index (χ2n) is 12.7. The molecule has 0 spiro atoms. The molecule has 0 heterocycles. The first-order valence-electron chi connectivity index (χ1n) is 15.0. The lowest BCUT2D eigenvalue weighted by atomic mass is 9.73. The Kier molecular flexibility index (Phi) is 10.9. The number of carbonyl (C=O) groups is 2. The van der Waals surface area contributed by atoms with Crippen LogP contribution in [0.3, 0.4) is 0 Å². The van der Waals surface area contributed by atoms with Gasteiger partial charge in [0.05, 0.1) is 29.4 Å². The van der Waals surface area contributed by atoms with Gasteiger partial charge in [-0.1, -0.05) is 29.4 Å². The number of phenolic OH excluding ortho intramolecular Hbond substituents is 3. The van der Waals surface area contributed by atoms with Crippen molar-refractivity contribution in [2.45, 2.75) is 104 Å². The second-order valence-corrected chi connectivity index (χ2v) is 12.7. The highest BCUT2D eigenvalue weighted by atomic mass is 16.3. The smallest absolute Gasteiger partial charge is 0.207 e. The third kappa shape index (κ3) is 7.07. The fourth-order valence-electron chi connectivity index (χ4n) is 5.61. The zero-order valence-corrected chi connectivity index (χ0v) is 26.5. The molecule has 1 aliphatic carbocycles. The van der Waals surface area contributed by atoms with Gasteiger partial charge in [-0.3, -0.25) is 9.59 Å². The highest BCUT2D eigenvalue weighted by molar-refractivity contribution is 6.36. The van der Waals surface area contributed by atoms with Crippen LogP contribution in [0.1, 0.15) is 104 Å². The Hall–Kier alpha value is -3.50. The molecule has 240 valence electrons. The number of rotatable bonds is 13. The zero-order chi connectivity index (χ0) is 33.1. The molecule has 0 fully saturated rings. The maximum absolute atomic E-state index is 13.6. The number of allylic oxidation sites excluding steroid dienone is 4. The van der Waals surface area contributed by atoms with Crippen LogP contribution in [-0.4, -0.2) is 71.2 Å². The molecule has 0 radical (unpaired) electrons. The molecule has 9 heteroatoms. The number of hydrogen-bond acceptors (Lipinski definition) is 9. The molecule has 2 aromatic carbocycles. The minimum atomic E-state index is -2.53. The van der Waals surface area contributed by atoms with Crippen molar-refractivity contribution in [2.75, 3.05) is 6.61 Å². The van der Waals surface area contributed by atoms with E-state index in [1.54, 1.807) is 26.8 Å². The SMILES string of the molecule is C/C(=C\CC/C(C)=C/C[C@]1(O)C(=O)c2c(O)cc(C)c3c(O)c(C)c(O)c(c23)C1=O)CC/C=C(\CO)CC[C@H](O)C(C)(C)O. The third-order valence-corrected chi connectivity index (χ3v) is 8.65. The molecule has 0 saturated carbocycles. The highest BCUT2D eigenvalue weighted by Crippen LogP contribution is 2.49. The van der Waals surface area contributed by atoms with Crippen molar-refractivity contribution < 1.29 is 45.3 Å². The number of aromatic hydroxyl groups is 3. The molecule has 2 atom stereocenters. The number of benzene rings is 2. The van der Waals surface area contributed by atoms with Crippen LogP contribution < -0.4 is 0 Å². The van der Waals surface area contributed by atoms with E-state index in [0.717, 1.165) is 23.1 Å². The summed E-state index contributed by atoms with van der Waals surface area (Å²) in [5, 5.41) is 73.2. The van der Waals surface area contributed by atoms with Crippen molar-refractivity contribution in [3.63, 3.8) is 0 Å². The molecule has 0 bridgehead atoms. The number of phenols is 3. The summed E-state index contributed by atoms with van der Waals surface area (Å²) in [6.07, 6.45) is 8.07. The molecular formula is C35H46O9. The van der Waals surface area contributed by atoms with Crippen LogP contribution in [-0.2, 0) is 0 Å². The van der Waals surface area contributed by atoms with Gasteiger partial charge in [0.15, 0.2) is 5.60 Å². The highest BCUT2D eigenvalue weighted by Gasteiger charge is 2.51. The van der Waals surface area contributed by atoms with Gasteiger partial charge >= 0.3 is 0 Å². The lowest BCUT2D eigenvalue weighted by Gasteiger charge is -2.32. The van der Waals surface area contributed by atoms with E-state index < -0.39 is 40.4 Å². The molecule has 3 rings (SSSR count). The van der Waals surface area contributed by atoms with Crippen LogP contribution in [0.25, 0.3) is 10.8 Å². The number of Topliss-reactive ketones (excluding diaryl/α,β-unsaturated/α-hetero) is 2. The summed E-state index contributed by atoms with van der Waals surface area (Å²) in [5.74, 6) is -3.23. The molecule has 0 unspecified atom stereocenters. The number of ketones is 2. The van der Waals surface area contributed by atoms with Crippen molar-refractivity contribution in [1.82, 2.24) is 0 Å². The van der Waals surface area contributed by atoms with Crippen LogP contribution in [0.2, 0.25) is 0 Å². The van der Waals surface area contributed by atoms with E-state index in [1.807, 2.05) is 19.9 Å². The van der Waals surface area contributed by atoms with Gasteiger partial charge in [-0.25, -0.2) is 0 Å². The Morgan fingerprint density at radius 3 is 2.05 bits per heavy atom. The van der Waals surface area contributed by atoms with Crippen molar-refractivity contribution in [1.29, 1.82) is 0 Å². The van der Waals surface area contributed by atoms with Crippen molar-refractivity contribution >= 4 is 22.3 Å². The van der Waals surface area contributed by atoms with E-state index in [0.29, 0.717) is 37.7 Å². The minimum absolute atomic E-state index is 0.0405. The molecule has 0 saturated heterocycles. The van der Waals surface area contributed by atoms with Crippen molar-refractivity contribution in [2.24, 2.45) is 0 Å². The Bertz CT molecular complexity index is 1540. The van der Waals surface area contributed by atoms with E-state index in [1.165, 1.54) is 13.0 Å². The van der Waals surface area contributed by atoms with E-state index in [4.69, 9.17) is 0 Å². The number of aryl methyl sites for hydroxylation is 1. The van der Waals surface area contributed by atoms with Crippen LogP contribution >= 0.6 is 0 Å². The normalized spacial score (nSPS) is 18.8. The monoisotopic (exact) mass is 610 g/mol.